The van der Waals surface area contributed by atoms with Crippen LogP contribution in [-0.2, 0) is 4.79 Å². The molecule has 1 aromatic carbocycles. The quantitative estimate of drug-likeness (QED) is 0.836. The summed E-state index contributed by atoms with van der Waals surface area (Å²) in [4.78, 5) is 13.8. The molecule has 5 nitrogen and oxygen atoms in total. The molecule has 1 fully saturated rings. The summed E-state index contributed by atoms with van der Waals surface area (Å²) in [6.45, 7) is 0.638. The molecule has 2 aliphatic rings. The van der Waals surface area contributed by atoms with E-state index in [2.05, 4.69) is 6.07 Å². The maximum Gasteiger partial charge on any atom is 0.265 e. The SMILES string of the molecule is N#CCC1(CN2C(=O)COc3cc(N)ccc32)CC1. The number of ether oxygens (including phenoxy) is 1. The van der Waals surface area contributed by atoms with Crippen LogP contribution in [0.15, 0.2) is 18.2 Å². The fourth-order valence-electron chi connectivity index (χ4n) is 2.47. The number of carbonyl (C=O) groups is 1. The molecule has 5 heteroatoms. The van der Waals surface area contributed by atoms with Crippen LogP contribution in [0.3, 0.4) is 0 Å². The lowest BCUT2D eigenvalue weighted by Gasteiger charge is -2.32. The molecule has 2 N–H and O–H groups in total. The molecule has 1 amide bonds. The lowest BCUT2D eigenvalue weighted by molar-refractivity contribution is -0.121. The van der Waals surface area contributed by atoms with Gasteiger partial charge < -0.3 is 15.4 Å². The van der Waals surface area contributed by atoms with E-state index in [1.807, 2.05) is 6.07 Å². The number of hydrogen-bond donors (Lipinski definition) is 1. The van der Waals surface area contributed by atoms with Crippen molar-refractivity contribution in [1.29, 1.82) is 5.26 Å². The lowest BCUT2D eigenvalue weighted by Crippen LogP contribution is -2.42. The molecule has 1 aromatic rings. The molecule has 0 aromatic heterocycles. The van der Waals surface area contributed by atoms with Crippen molar-refractivity contribution in [3.63, 3.8) is 0 Å². The molecule has 0 radical (unpaired) electrons. The molecule has 0 unspecified atom stereocenters. The van der Waals surface area contributed by atoms with Gasteiger partial charge in [-0.1, -0.05) is 0 Å². The van der Waals surface area contributed by atoms with E-state index in [0.29, 0.717) is 24.4 Å². The van der Waals surface area contributed by atoms with Gasteiger partial charge in [-0.3, -0.25) is 4.79 Å². The summed E-state index contributed by atoms with van der Waals surface area (Å²) in [6.07, 6.45) is 2.52. The van der Waals surface area contributed by atoms with Crippen LogP contribution in [0.25, 0.3) is 0 Å². The number of nitrogens with two attached hydrogens (primary N) is 1. The van der Waals surface area contributed by atoms with Crippen LogP contribution in [0.2, 0.25) is 0 Å². The average Bonchev–Trinajstić information content (AvgIpc) is 3.13. The highest BCUT2D eigenvalue weighted by molar-refractivity contribution is 5.98. The highest BCUT2D eigenvalue weighted by Crippen LogP contribution is 2.50. The summed E-state index contributed by atoms with van der Waals surface area (Å²) in [5.74, 6) is 0.592. The number of anilines is 2. The van der Waals surface area contributed by atoms with Crippen molar-refractivity contribution in [2.24, 2.45) is 5.41 Å². The number of fused-ring (bicyclic) bond motifs is 1. The summed E-state index contributed by atoms with van der Waals surface area (Å²) >= 11 is 0. The molecule has 0 saturated heterocycles. The van der Waals surface area contributed by atoms with Crippen molar-refractivity contribution >= 4 is 17.3 Å². The predicted octanol–water partition coefficient (Wildman–Crippen LogP) is 1.69. The first-order valence-electron chi connectivity index (χ1n) is 6.33. The molecular weight excluding hydrogens is 242 g/mol. The predicted molar refractivity (Wildman–Crippen MR) is 70.6 cm³/mol. The number of nitrogen functional groups attached to an aromatic ring is 1. The van der Waals surface area contributed by atoms with Crippen LogP contribution >= 0.6 is 0 Å². The van der Waals surface area contributed by atoms with Crippen molar-refractivity contribution in [3.05, 3.63) is 18.2 Å². The Hall–Kier alpha value is -2.22. The van der Waals surface area contributed by atoms with Gasteiger partial charge in [0.15, 0.2) is 6.61 Å². The van der Waals surface area contributed by atoms with E-state index < -0.39 is 0 Å². The summed E-state index contributed by atoms with van der Waals surface area (Å²) in [6, 6.07) is 7.52. The Morgan fingerprint density at radius 1 is 1.47 bits per heavy atom. The molecule has 1 aliphatic heterocycles. The van der Waals surface area contributed by atoms with E-state index in [0.717, 1.165) is 18.5 Å². The molecule has 19 heavy (non-hydrogen) atoms. The van der Waals surface area contributed by atoms with E-state index in [-0.39, 0.29) is 17.9 Å². The maximum atomic E-state index is 12.0. The minimum absolute atomic E-state index is 0.0135. The van der Waals surface area contributed by atoms with Gasteiger partial charge in [-0.25, -0.2) is 0 Å². The number of hydrogen-bond acceptors (Lipinski definition) is 4. The molecule has 98 valence electrons. The van der Waals surface area contributed by atoms with Gasteiger partial charge in [-0.2, -0.15) is 5.26 Å². The zero-order valence-corrected chi connectivity index (χ0v) is 10.6. The Bertz CT molecular complexity index is 573. The van der Waals surface area contributed by atoms with Gasteiger partial charge in [0, 0.05) is 30.1 Å². The van der Waals surface area contributed by atoms with E-state index >= 15 is 0 Å². The summed E-state index contributed by atoms with van der Waals surface area (Å²) < 4.78 is 5.41. The van der Waals surface area contributed by atoms with Crippen molar-refractivity contribution < 1.29 is 9.53 Å². The van der Waals surface area contributed by atoms with Crippen molar-refractivity contribution in [1.82, 2.24) is 0 Å². The summed E-state index contributed by atoms with van der Waals surface area (Å²) in [5.41, 5.74) is 7.09. The lowest BCUT2D eigenvalue weighted by atomic mass is 10.0. The summed E-state index contributed by atoms with van der Waals surface area (Å²) in [5, 5.41) is 8.87. The fraction of sp³-hybridized carbons (Fsp3) is 0.429. The Kier molecular flexibility index (Phi) is 2.59. The van der Waals surface area contributed by atoms with Gasteiger partial charge >= 0.3 is 0 Å². The molecule has 0 bridgehead atoms. The van der Waals surface area contributed by atoms with E-state index in [1.165, 1.54) is 0 Å². The molecule has 1 heterocycles. The second kappa shape index (κ2) is 4.16. The molecular formula is C14H15N3O2. The minimum atomic E-state index is -0.0542. The van der Waals surface area contributed by atoms with Crippen LogP contribution in [0.5, 0.6) is 5.75 Å². The summed E-state index contributed by atoms with van der Waals surface area (Å²) in [7, 11) is 0. The molecule has 1 aliphatic carbocycles. The third kappa shape index (κ3) is 2.10. The van der Waals surface area contributed by atoms with E-state index in [9.17, 15) is 4.79 Å². The Morgan fingerprint density at radius 2 is 2.26 bits per heavy atom. The highest BCUT2D eigenvalue weighted by atomic mass is 16.5. The standard InChI is InChI=1S/C14H15N3O2/c15-6-5-14(3-4-14)9-17-11-2-1-10(16)7-12(11)19-8-13(17)18/h1-2,7H,3-5,8-9,16H2. The number of amides is 1. The van der Waals surface area contributed by atoms with Crippen LogP contribution < -0.4 is 15.4 Å². The second-order valence-corrected chi connectivity index (χ2v) is 5.33. The van der Waals surface area contributed by atoms with Gasteiger partial charge in [0.05, 0.1) is 11.8 Å². The van der Waals surface area contributed by atoms with Gasteiger partial charge in [0.1, 0.15) is 5.75 Å². The average molecular weight is 257 g/mol. The van der Waals surface area contributed by atoms with Crippen molar-refractivity contribution in [2.75, 3.05) is 23.8 Å². The van der Waals surface area contributed by atoms with Crippen LogP contribution in [0, 0.1) is 16.7 Å². The van der Waals surface area contributed by atoms with E-state index in [4.69, 9.17) is 15.7 Å². The van der Waals surface area contributed by atoms with Gasteiger partial charge in [0.2, 0.25) is 0 Å². The number of nitriles is 1. The highest BCUT2D eigenvalue weighted by Gasteiger charge is 2.45. The first kappa shape index (κ1) is 11.8. The van der Waals surface area contributed by atoms with Gasteiger partial charge in [-0.05, 0) is 25.0 Å². The number of benzene rings is 1. The van der Waals surface area contributed by atoms with Crippen LogP contribution in [0.4, 0.5) is 11.4 Å². The molecule has 3 rings (SSSR count). The zero-order valence-electron chi connectivity index (χ0n) is 10.6. The smallest absolute Gasteiger partial charge is 0.265 e. The Morgan fingerprint density at radius 3 is 2.95 bits per heavy atom. The normalized spacial score (nSPS) is 19.3. The first-order valence-corrected chi connectivity index (χ1v) is 6.33. The largest absolute Gasteiger partial charge is 0.481 e. The molecule has 1 saturated carbocycles. The third-order valence-corrected chi connectivity index (χ3v) is 3.83. The number of carbonyl (C=O) groups excluding carboxylic acids is 1. The van der Waals surface area contributed by atoms with E-state index in [1.54, 1.807) is 17.0 Å². The second-order valence-electron chi connectivity index (χ2n) is 5.33. The van der Waals surface area contributed by atoms with Gasteiger partial charge in [-0.15, -0.1) is 0 Å². The van der Waals surface area contributed by atoms with Crippen molar-refractivity contribution in [2.45, 2.75) is 19.3 Å². The molecule has 0 spiro atoms. The molecule has 0 atom stereocenters. The monoisotopic (exact) mass is 257 g/mol. The topological polar surface area (TPSA) is 79.3 Å². The number of nitrogens with zero attached hydrogens (tertiary/aromatic N) is 2. The Balaban J connectivity index is 1.89. The third-order valence-electron chi connectivity index (χ3n) is 3.83. The number of rotatable bonds is 3. The maximum absolute atomic E-state index is 12.0. The van der Waals surface area contributed by atoms with Crippen LogP contribution in [0.1, 0.15) is 19.3 Å². The zero-order chi connectivity index (χ0) is 13.5. The minimum Gasteiger partial charge on any atom is -0.481 e. The first-order chi connectivity index (χ1) is 9.13. The van der Waals surface area contributed by atoms with Crippen molar-refractivity contribution in [3.8, 4) is 11.8 Å². The Labute approximate surface area is 111 Å². The van der Waals surface area contributed by atoms with Gasteiger partial charge in [0.25, 0.3) is 5.91 Å². The fourth-order valence-corrected chi connectivity index (χ4v) is 2.47. The van der Waals surface area contributed by atoms with Crippen LogP contribution in [-0.4, -0.2) is 19.1 Å².